The molecule has 2 aliphatic carbocycles. The van der Waals surface area contributed by atoms with Crippen molar-refractivity contribution in [3.8, 4) is 0 Å². The summed E-state index contributed by atoms with van der Waals surface area (Å²) in [6.07, 6.45) is 3.95. The van der Waals surface area contributed by atoms with Crippen LogP contribution in [0.2, 0.25) is 0 Å². The summed E-state index contributed by atoms with van der Waals surface area (Å²) in [5.41, 5.74) is 0.986. The third-order valence-electron chi connectivity index (χ3n) is 4.72. The molecule has 2 aliphatic rings. The molecule has 0 aliphatic heterocycles. The number of fused-ring (bicyclic) bond motifs is 2. The van der Waals surface area contributed by atoms with Crippen molar-refractivity contribution in [1.29, 1.82) is 0 Å². The molecular formula is C19H25NO3. The number of nitrogens with one attached hydrogen (secondary N) is 1. The zero-order valence-corrected chi connectivity index (χ0v) is 13.5. The fourth-order valence-electron chi connectivity index (χ4n) is 3.51. The van der Waals surface area contributed by atoms with E-state index in [4.69, 9.17) is 4.74 Å². The minimum atomic E-state index is -0.348. The van der Waals surface area contributed by atoms with Crippen LogP contribution in [0.15, 0.2) is 43.5 Å². The zero-order valence-electron chi connectivity index (χ0n) is 13.5. The summed E-state index contributed by atoms with van der Waals surface area (Å²) in [6, 6.07) is 9.83. The number of amides is 1. The van der Waals surface area contributed by atoms with E-state index in [1.807, 2.05) is 30.3 Å². The molecule has 3 unspecified atom stereocenters. The van der Waals surface area contributed by atoms with E-state index in [1.165, 1.54) is 0 Å². The Bertz CT molecular complexity index is 529. The van der Waals surface area contributed by atoms with Gasteiger partial charge in [0.2, 0.25) is 0 Å². The molecule has 23 heavy (non-hydrogen) atoms. The summed E-state index contributed by atoms with van der Waals surface area (Å²) in [5, 5.41) is 2.99. The van der Waals surface area contributed by atoms with Gasteiger partial charge in [-0.2, -0.15) is 0 Å². The van der Waals surface area contributed by atoms with Crippen LogP contribution in [-0.4, -0.2) is 17.9 Å². The number of rotatable bonds is 3. The van der Waals surface area contributed by atoms with Gasteiger partial charge in [-0.15, -0.1) is 13.2 Å². The Morgan fingerprint density at radius 3 is 2.65 bits per heavy atom. The van der Waals surface area contributed by atoms with Crippen LogP contribution >= 0.6 is 0 Å². The first-order valence-corrected chi connectivity index (χ1v) is 8.22. The van der Waals surface area contributed by atoms with E-state index >= 15 is 0 Å². The second kappa shape index (κ2) is 8.51. The fraction of sp³-hybridized carbons (Fsp3) is 0.474. The van der Waals surface area contributed by atoms with Gasteiger partial charge in [-0.25, -0.2) is 4.79 Å². The number of ether oxygens (including phenoxy) is 1. The van der Waals surface area contributed by atoms with Gasteiger partial charge in [0.25, 0.3) is 0 Å². The number of benzene rings is 1. The first kappa shape index (κ1) is 17.3. The highest BCUT2D eigenvalue weighted by Gasteiger charge is 2.38. The number of carbonyl (C=O) groups is 2. The molecule has 4 heteroatoms. The highest BCUT2D eigenvalue weighted by atomic mass is 16.5. The molecule has 0 spiro atoms. The molecule has 3 rings (SSSR count). The van der Waals surface area contributed by atoms with Crippen LogP contribution in [0.5, 0.6) is 0 Å². The predicted octanol–water partition coefficient (Wildman–Crippen LogP) is 3.86. The number of hydrogen-bond acceptors (Lipinski definition) is 3. The Kier molecular flexibility index (Phi) is 6.39. The topological polar surface area (TPSA) is 55.4 Å². The van der Waals surface area contributed by atoms with E-state index in [0.29, 0.717) is 24.7 Å². The van der Waals surface area contributed by atoms with Crippen LogP contribution in [0.1, 0.15) is 37.7 Å². The van der Waals surface area contributed by atoms with Crippen LogP contribution in [-0.2, 0) is 16.1 Å². The van der Waals surface area contributed by atoms with Gasteiger partial charge in [-0.05, 0) is 37.2 Å². The van der Waals surface area contributed by atoms with Gasteiger partial charge in [0, 0.05) is 18.4 Å². The van der Waals surface area contributed by atoms with Gasteiger partial charge in [-0.1, -0.05) is 30.3 Å². The van der Waals surface area contributed by atoms with Crippen molar-refractivity contribution in [2.75, 3.05) is 0 Å². The van der Waals surface area contributed by atoms with Crippen LogP contribution < -0.4 is 5.32 Å². The molecule has 0 aromatic heterocycles. The van der Waals surface area contributed by atoms with Crippen molar-refractivity contribution >= 4 is 11.9 Å². The Morgan fingerprint density at radius 2 is 1.91 bits per heavy atom. The van der Waals surface area contributed by atoms with Crippen molar-refractivity contribution in [3.63, 3.8) is 0 Å². The Morgan fingerprint density at radius 1 is 1.17 bits per heavy atom. The SMILES string of the molecule is C=C.O=C(NC1CCC2CC1CCC2=O)OCc1ccccc1. The predicted molar refractivity (Wildman–Crippen MR) is 89.9 cm³/mol. The summed E-state index contributed by atoms with van der Waals surface area (Å²) in [4.78, 5) is 23.6. The molecule has 2 bridgehead atoms. The first-order valence-electron chi connectivity index (χ1n) is 8.22. The molecule has 2 fully saturated rings. The lowest BCUT2D eigenvalue weighted by atomic mass is 9.69. The normalized spacial score (nSPS) is 25.7. The third-order valence-corrected chi connectivity index (χ3v) is 4.72. The minimum absolute atomic E-state index is 0.164. The van der Waals surface area contributed by atoms with Crippen molar-refractivity contribution in [1.82, 2.24) is 5.32 Å². The van der Waals surface area contributed by atoms with Crippen LogP contribution in [0.4, 0.5) is 4.79 Å². The van der Waals surface area contributed by atoms with Gasteiger partial charge >= 0.3 is 6.09 Å². The summed E-state index contributed by atoms with van der Waals surface area (Å²) in [7, 11) is 0. The largest absolute Gasteiger partial charge is 0.445 e. The molecule has 4 nitrogen and oxygen atoms in total. The van der Waals surface area contributed by atoms with Gasteiger partial charge in [0.15, 0.2) is 0 Å². The van der Waals surface area contributed by atoms with Crippen LogP contribution in [0, 0.1) is 11.8 Å². The molecule has 1 aromatic rings. The average molecular weight is 315 g/mol. The Hall–Kier alpha value is -2.10. The third kappa shape index (κ3) is 4.68. The molecule has 1 N–H and O–H groups in total. The van der Waals surface area contributed by atoms with E-state index < -0.39 is 0 Å². The second-order valence-electron chi connectivity index (χ2n) is 6.09. The number of Topliss-reactive ketones (excluding diaryl/α,β-unsaturated/α-hetero) is 1. The molecule has 2 saturated carbocycles. The summed E-state index contributed by atoms with van der Waals surface area (Å²) in [5.74, 6) is 1.09. The zero-order chi connectivity index (χ0) is 16.7. The lowest BCUT2D eigenvalue weighted by molar-refractivity contribution is -0.127. The van der Waals surface area contributed by atoms with Crippen molar-refractivity contribution < 1.29 is 14.3 Å². The maximum absolute atomic E-state index is 11.9. The van der Waals surface area contributed by atoms with E-state index in [9.17, 15) is 9.59 Å². The standard InChI is InChI=1S/C17H21NO3.C2H4/c19-16-9-7-13-10-14(16)6-8-15(13)18-17(20)21-11-12-4-2-1-3-5-12;1-2/h1-5,13-15H,6-11H2,(H,18,20);1-2H2. The number of alkyl carbamates (subject to hydrolysis) is 1. The summed E-state index contributed by atoms with van der Waals surface area (Å²) < 4.78 is 5.27. The van der Waals surface area contributed by atoms with E-state index in [-0.39, 0.29) is 18.1 Å². The second-order valence-corrected chi connectivity index (χ2v) is 6.09. The van der Waals surface area contributed by atoms with Gasteiger partial charge in [0.1, 0.15) is 12.4 Å². The van der Waals surface area contributed by atoms with Gasteiger partial charge in [0.05, 0.1) is 0 Å². The van der Waals surface area contributed by atoms with Gasteiger partial charge < -0.3 is 10.1 Å². The Labute approximate surface area is 137 Å². The monoisotopic (exact) mass is 315 g/mol. The minimum Gasteiger partial charge on any atom is -0.445 e. The van der Waals surface area contributed by atoms with Crippen molar-refractivity contribution in [2.24, 2.45) is 11.8 Å². The Balaban J connectivity index is 0.000000924. The van der Waals surface area contributed by atoms with Crippen LogP contribution in [0.3, 0.4) is 0 Å². The lowest BCUT2D eigenvalue weighted by Crippen LogP contribution is -2.47. The van der Waals surface area contributed by atoms with E-state index in [1.54, 1.807) is 0 Å². The molecule has 124 valence electrons. The van der Waals surface area contributed by atoms with Crippen molar-refractivity contribution in [2.45, 2.75) is 44.8 Å². The van der Waals surface area contributed by atoms with Crippen LogP contribution in [0.25, 0.3) is 0 Å². The molecule has 1 aromatic carbocycles. The molecule has 3 atom stereocenters. The summed E-state index contributed by atoms with van der Waals surface area (Å²) in [6.45, 7) is 6.30. The maximum Gasteiger partial charge on any atom is 0.407 e. The highest BCUT2D eigenvalue weighted by molar-refractivity contribution is 5.82. The smallest absolute Gasteiger partial charge is 0.407 e. The quantitative estimate of drug-likeness (QED) is 0.862. The number of carbonyl (C=O) groups excluding carboxylic acids is 2. The van der Waals surface area contributed by atoms with E-state index in [2.05, 4.69) is 18.5 Å². The average Bonchev–Trinajstić information content (AvgIpc) is 2.61. The van der Waals surface area contributed by atoms with Gasteiger partial charge in [-0.3, -0.25) is 4.79 Å². The molecule has 1 amide bonds. The number of ketones is 1. The maximum atomic E-state index is 11.9. The van der Waals surface area contributed by atoms with E-state index in [0.717, 1.165) is 31.2 Å². The summed E-state index contributed by atoms with van der Waals surface area (Å²) >= 11 is 0. The molecular weight excluding hydrogens is 290 g/mol. The first-order chi connectivity index (χ1) is 11.2. The molecule has 0 radical (unpaired) electrons. The number of hydrogen-bond donors (Lipinski definition) is 1. The molecule has 0 saturated heterocycles. The van der Waals surface area contributed by atoms with Crippen molar-refractivity contribution in [3.05, 3.63) is 49.1 Å². The molecule has 0 heterocycles. The fourth-order valence-corrected chi connectivity index (χ4v) is 3.51. The highest BCUT2D eigenvalue weighted by Crippen LogP contribution is 2.38. The lowest BCUT2D eigenvalue weighted by Gasteiger charge is -2.39.